The number of para-hydroxylation sites is 3. The number of thioether (sulfide) groups is 1. The number of rotatable bonds is 4. The van der Waals surface area contributed by atoms with Gasteiger partial charge in [0.15, 0.2) is 5.16 Å². The summed E-state index contributed by atoms with van der Waals surface area (Å²) in [6, 6.07) is 12.3. The fourth-order valence-corrected chi connectivity index (χ4v) is 3.10. The number of H-pyrrole nitrogens is 1. The normalized spacial score (nSPS) is 13.0. The molecule has 25 heavy (non-hydrogen) atoms. The highest BCUT2D eigenvalue weighted by molar-refractivity contribution is 8.00. The minimum Gasteiger partial charge on any atom is -0.333 e. The number of aromatic nitrogens is 2. The Morgan fingerprint density at radius 2 is 1.84 bits per heavy atom. The number of carbonyl (C=O) groups excluding carboxylic acids is 1. The second-order valence-electron chi connectivity index (χ2n) is 5.35. The number of alkyl halides is 3. The zero-order chi connectivity index (χ0) is 18.0. The van der Waals surface area contributed by atoms with E-state index in [1.54, 1.807) is 6.92 Å². The molecule has 0 aliphatic carbocycles. The van der Waals surface area contributed by atoms with Gasteiger partial charge in [-0.3, -0.25) is 4.79 Å². The van der Waals surface area contributed by atoms with E-state index >= 15 is 0 Å². The first-order valence-corrected chi connectivity index (χ1v) is 8.31. The van der Waals surface area contributed by atoms with Crippen LogP contribution in [-0.4, -0.2) is 21.1 Å². The molecule has 1 atom stereocenters. The molecular formula is C17H14F3N3OS. The first-order valence-electron chi connectivity index (χ1n) is 7.43. The standard InChI is InChI=1S/C17H14F3N3OS/c1-10(25-16-22-13-8-4-5-9-14(13)23-16)15(24)21-12-7-3-2-6-11(12)17(18,19)20/h2-10H,1H3,(H,21,24)(H,22,23)/t10-/m0/s1. The lowest BCUT2D eigenvalue weighted by Gasteiger charge is -2.15. The summed E-state index contributed by atoms with van der Waals surface area (Å²) in [7, 11) is 0. The van der Waals surface area contributed by atoms with E-state index < -0.39 is 22.9 Å². The second-order valence-corrected chi connectivity index (χ2v) is 6.68. The predicted molar refractivity (Wildman–Crippen MR) is 91.5 cm³/mol. The van der Waals surface area contributed by atoms with Crippen LogP contribution < -0.4 is 5.32 Å². The number of nitrogens with one attached hydrogen (secondary N) is 2. The van der Waals surface area contributed by atoms with Gasteiger partial charge in [0.25, 0.3) is 0 Å². The summed E-state index contributed by atoms with van der Waals surface area (Å²) >= 11 is 1.15. The Kier molecular flexibility index (Phi) is 4.71. The average Bonchev–Trinajstić information content (AvgIpc) is 2.96. The number of fused-ring (bicyclic) bond motifs is 1. The smallest absolute Gasteiger partial charge is 0.333 e. The molecule has 0 fully saturated rings. The minimum absolute atomic E-state index is 0.253. The molecule has 4 nitrogen and oxygen atoms in total. The van der Waals surface area contributed by atoms with Gasteiger partial charge < -0.3 is 10.3 Å². The van der Waals surface area contributed by atoms with Gasteiger partial charge in [-0.05, 0) is 31.2 Å². The molecule has 2 N–H and O–H groups in total. The van der Waals surface area contributed by atoms with Crippen LogP contribution in [0.2, 0.25) is 0 Å². The summed E-state index contributed by atoms with van der Waals surface area (Å²) in [5, 5.41) is 2.26. The van der Waals surface area contributed by atoms with Gasteiger partial charge in [0.05, 0.1) is 27.5 Å². The third-order valence-corrected chi connectivity index (χ3v) is 4.50. The summed E-state index contributed by atoms with van der Waals surface area (Å²) in [5.74, 6) is -0.526. The van der Waals surface area contributed by atoms with Crippen molar-refractivity contribution < 1.29 is 18.0 Å². The zero-order valence-corrected chi connectivity index (χ0v) is 13.9. The van der Waals surface area contributed by atoms with E-state index in [1.807, 2.05) is 24.3 Å². The third-order valence-electron chi connectivity index (χ3n) is 3.52. The van der Waals surface area contributed by atoms with E-state index in [9.17, 15) is 18.0 Å². The zero-order valence-electron chi connectivity index (χ0n) is 13.1. The van der Waals surface area contributed by atoms with Gasteiger partial charge in [-0.2, -0.15) is 13.2 Å². The van der Waals surface area contributed by atoms with Gasteiger partial charge in [-0.15, -0.1) is 0 Å². The van der Waals surface area contributed by atoms with Crippen LogP contribution in [0.5, 0.6) is 0 Å². The van der Waals surface area contributed by atoms with Crippen molar-refractivity contribution >= 4 is 34.4 Å². The number of anilines is 1. The molecule has 3 aromatic rings. The Balaban J connectivity index is 1.73. The summed E-state index contributed by atoms with van der Waals surface area (Å²) in [6.45, 7) is 1.61. The lowest BCUT2D eigenvalue weighted by molar-refractivity contribution is -0.137. The molecule has 0 bridgehead atoms. The van der Waals surface area contributed by atoms with Crippen molar-refractivity contribution in [1.82, 2.24) is 9.97 Å². The molecule has 0 radical (unpaired) electrons. The molecule has 0 spiro atoms. The molecule has 1 aromatic heterocycles. The lowest BCUT2D eigenvalue weighted by atomic mass is 10.1. The number of hydrogen-bond acceptors (Lipinski definition) is 3. The quantitative estimate of drug-likeness (QED) is 0.659. The number of halogens is 3. The van der Waals surface area contributed by atoms with E-state index in [0.717, 1.165) is 28.9 Å². The molecule has 1 heterocycles. The number of aromatic amines is 1. The van der Waals surface area contributed by atoms with Crippen LogP contribution >= 0.6 is 11.8 Å². The Bertz CT molecular complexity index is 874. The molecule has 130 valence electrons. The van der Waals surface area contributed by atoms with Crippen molar-refractivity contribution in [2.24, 2.45) is 0 Å². The Hall–Kier alpha value is -2.48. The maximum atomic E-state index is 13.0. The average molecular weight is 365 g/mol. The van der Waals surface area contributed by atoms with Gasteiger partial charge in [-0.1, -0.05) is 36.0 Å². The summed E-state index contributed by atoms with van der Waals surface area (Å²) in [5.41, 5.74) is 0.474. The highest BCUT2D eigenvalue weighted by Crippen LogP contribution is 2.35. The summed E-state index contributed by atoms with van der Waals surface area (Å²) in [4.78, 5) is 19.7. The Morgan fingerprint density at radius 1 is 1.16 bits per heavy atom. The van der Waals surface area contributed by atoms with Crippen molar-refractivity contribution in [1.29, 1.82) is 0 Å². The Morgan fingerprint density at radius 3 is 2.56 bits per heavy atom. The van der Waals surface area contributed by atoms with Crippen LogP contribution in [-0.2, 0) is 11.0 Å². The first kappa shape index (κ1) is 17.3. The fourth-order valence-electron chi connectivity index (χ4n) is 2.28. The SMILES string of the molecule is C[C@H](Sc1nc2ccccc2[nH]1)C(=O)Nc1ccccc1C(F)(F)F. The van der Waals surface area contributed by atoms with Crippen molar-refractivity contribution in [2.45, 2.75) is 23.5 Å². The molecule has 0 saturated heterocycles. The van der Waals surface area contributed by atoms with Crippen LogP contribution in [0.4, 0.5) is 18.9 Å². The fraction of sp³-hybridized carbons (Fsp3) is 0.176. The van der Waals surface area contributed by atoms with Crippen LogP contribution in [0.25, 0.3) is 11.0 Å². The van der Waals surface area contributed by atoms with E-state index in [2.05, 4.69) is 15.3 Å². The van der Waals surface area contributed by atoms with Crippen LogP contribution in [0.15, 0.2) is 53.7 Å². The van der Waals surface area contributed by atoms with Crippen molar-refractivity contribution in [3.8, 4) is 0 Å². The highest BCUT2D eigenvalue weighted by atomic mass is 32.2. The maximum absolute atomic E-state index is 13.0. The first-order chi connectivity index (χ1) is 11.8. The minimum atomic E-state index is -4.53. The Labute approximate surface area is 145 Å². The molecule has 0 aliphatic rings. The predicted octanol–water partition coefficient (Wildman–Crippen LogP) is 4.70. The number of imidazole rings is 1. The van der Waals surface area contributed by atoms with Crippen LogP contribution in [0.1, 0.15) is 12.5 Å². The number of nitrogens with zero attached hydrogens (tertiary/aromatic N) is 1. The van der Waals surface area contributed by atoms with Crippen molar-refractivity contribution in [2.75, 3.05) is 5.32 Å². The highest BCUT2D eigenvalue weighted by Gasteiger charge is 2.34. The topological polar surface area (TPSA) is 57.8 Å². The van der Waals surface area contributed by atoms with E-state index in [0.29, 0.717) is 5.16 Å². The molecule has 0 unspecified atom stereocenters. The molecule has 0 aliphatic heterocycles. The maximum Gasteiger partial charge on any atom is 0.418 e. The van der Waals surface area contributed by atoms with Gasteiger partial charge in [0.1, 0.15) is 0 Å². The van der Waals surface area contributed by atoms with E-state index in [1.165, 1.54) is 18.2 Å². The van der Waals surface area contributed by atoms with E-state index in [4.69, 9.17) is 0 Å². The van der Waals surface area contributed by atoms with Gasteiger partial charge in [0, 0.05) is 0 Å². The largest absolute Gasteiger partial charge is 0.418 e. The van der Waals surface area contributed by atoms with Gasteiger partial charge in [-0.25, -0.2) is 4.98 Å². The monoisotopic (exact) mass is 365 g/mol. The van der Waals surface area contributed by atoms with Crippen LogP contribution in [0.3, 0.4) is 0 Å². The van der Waals surface area contributed by atoms with Crippen molar-refractivity contribution in [3.63, 3.8) is 0 Å². The molecular weight excluding hydrogens is 351 g/mol. The number of amides is 1. The molecule has 8 heteroatoms. The van der Waals surface area contributed by atoms with Gasteiger partial charge >= 0.3 is 6.18 Å². The number of hydrogen-bond donors (Lipinski definition) is 2. The number of benzene rings is 2. The van der Waals surface area contributed by atoms with Crippen molar-refractivity contribution in [3.05, 3.63) is 54.1 Å². The van der Waals surface area contributed by atoms with Crippen LogP contribution in [0, 0.1) is 0 Å². The summed E-state index contributed by atoms with van der Waals surface area (Å²) < 4.78 is 39.0. The molecule has 1 amide bonds. The molecule has 0 saturated carbocycles. The molecule has 2 aromatic carbocycles. The van der Waals surface area contributed by atoms with E-state index in [-0.39, 0.29) is 5.69 Å². The lowest BCUT2D eigenvalue weighted by Crippen LogP contribution is -2.24. The second kappa shape index (κ2) is 6.79. The summed E-state index contributed by atoms with van der Waals surface area (Å²) in [6.07, 6.45) is -4.53. The molecule has 3 rings (SSSR count). The third kappa shape index (κ3) is 3.96. The van der Waals surface area contributed by atoms with Gasteiger partial charge in [0.2, 0.25) is 5.91 Å². The number of carbonyl (C=O) groups is 1.